The Morgan fingerprint density at radius 2 is 2.26 bits per heavy atom. The number of hydrogen-bond acceptors (Lipinski definition) is 3. The van der Waals surface area contributed by atoms with Crippen LogP contribution in [0.4, 0.5) is 0 Å². The van der Waals surface area contributed by atoms with E-state index in [0.29, 0.717) is 12.6 Å². The molecule has 19 heavy (non-hydrogen) atoms. The quantitative estimate of drug-likeness (QED) is 0.897. The van der Waals surface area contributed by atoms with Crippen molar-refractivity contribution in [3.8, 4) is 0 Å². The lowest BCUT2D eigenvalue weighted by molar-refractivity contribution is 0.0693. The van der Waals surface area contributed by atoms with Gasteiger partial charge in [-0.25, -0.2) is 0 Å². The van der Waals surface area contributed by atoms with E-state index in [4.69, 9.17) is 4.74 Å². The van der Waals surface area contributed by atoms with Gasteiger partial charge in [0.2, 0.25) is 0 Å². The summed E-state index contributed by atoms with van der Waals surface area (Å²) in [5.74, 6) is 0.118. The summed E-state index contributed by atoms with van der Waals surface area (Å²) in [4.78, 5) is 14.5. The topological polar surface area (TPSA) is 41.6 Å². The standard InChI is InChI=1S/C15H22N2O2/c1-16-13-7-5-9-17(10-13)15(18)14-8-4-3-6-12(14)11-19-2/h3-4,6,8,13,16H,5,7,9-11H2,1-2H3. The minimum absolute atomic E-state index is 0.118. The fourth-order valence-electron chi connectivity index (χ4n) is 2.58. The van der Waals surface area contributed by atoms with Crippen LogP contribution < -0.4 is 5.32 Å². The van der Waals surface area contributed by atoms with Crippen molar-refractivity contribution < 1.29 is 9.53 Å². The summed E-state index contributed by atoms with van der Waals surface area (Å²) < 4.78 is 5.17. The number of hydrogen-bond donors (Lipinski definition) is 1. The summed E-state index contributed by atoms with van der Waals surface area (Å²) in [5, 5.41) is 3.26. The predicted octanol–water partition coefficient (Wildman–Crippen LogP) is 1.66. The zero-order valence-electron chi connectivity index (χ0n) is 11.7. The van der Waals surface area contributed by atoms with E-state index in [2.05, 4.69) is 5.32 Å². The Morgan fingerprint density at radius 1 is 1.47 bits per heavy atom. The molecule has 1 aromatic rings. The summed E-state index contributed by atoms with van der Waals surface area (Å²) >= 11 is 0. The third-order valence-corrected chi connectivity index (χ3v) is 3.66. The largest absolute Gasteiger partial charge is 0.380 e. The molecule has 4 nitrogen and oxygen atoms in total. The molecule has 0 saturated carbocycles. The zero-order valence-corrected chi connectivity index (χ0v) is 11.7. The Kier molecular flexibility index (Phi) is 4.93. The lowest BCUT2D eigenvalue weighted by atomic mass is 10.0. The molecule has 1 aliphatic heterocycles. The van der Waals surface area contributed by atoms with E-state index in [9.17, 15) is 4.79 Å². The first-order valence-electron chi connectivity index (χ1n) is 6.79. The van der Waals surface area contributed by atoms with Gasteiger partial charge in [-0.2, -0.15) is 0 Å². The third kappa shape index (κ3) is 3.33. The van der Waals surface area contributed by atoms with Crippen LogP contribution in [-0.4, -0.2) is 44.1 Å². The molecule has 1 N–H and O–H groups in total. The average molecular weight is 262 g/mol. The van der Waals surface area contributed by atoms with E-state index in [1.165, 1.54) is 0 Å². The van der Waals surface area contributed by atoms with E-state index >= 15 is 0 Å². The van der Waals surface area contributed by atoms with Crippen LogP contribution in [0.1, 0.15) is 28.8 Å². The van der Waals surface area contributed by atoms with Gasteiger partial charge < -0.3 is 15.0 Å². The number of nitrogens with one attached hydrogen (secondary N) is 1. The molecule has 0 radical (unpaired) electrons. The number of likely N-dealkylation sites (tertiary alicyclic amines) is 1. The predicted molar refractivity (Wildman–Crippen MR) is 75.1 cm³/mol. The van der Waals surface area contributed by atoms with Gasteiger partial charge in [0.25, 0.3) is 5.91 Å². The molecule has 2 rings (SSSR count). The lowest BCUT2D eigenvalue weighted by Crippen LogP contribution is -2.47. The number of piperidine rings is 1. The summed E-state index contributed by atoms with van der Waals surface area (Å²) in [6.45, 7) is 2.11. The first kappa shape index (κ1) is 14.0. The van der Waals surface area contributed by atoms with Crippen LogP contribution in [0.5, 0.6) is 0 Å². The summed E-state index contributed by atoms with van der Waals surface area (Å²) in [6.07, 6.45) is 2.20. The molecule has 0 spiro atoms. The molecule has 0 bridgehead atoms. The highest BCUT2D eigenvalue weighted by molar-refractivity contribution is 5.95. The van der Waals surface area contributed by atoms with Crippen molar-refractivity contribution in [3.05, 3.63) is 35.4 Å². The summed E-state index contributed by atoms with van der Waals surface area (Å²) in [6, 6.07) is 8.10. The van der Waals surface area contributed by atoms with Crippen molar-refractivity contribution in [2.45, 2.75) is 25.5 Å². The Bertz CT molecular complexity index is 434. The molecule has 1 aromatic carbocycles. The molecular formula is C15H22N2O2. The van der Waals surface area contributed by atoms with Crippen LogP contribution >= 0.6 is 0 Å². The average Bonchev–Trinajstić information content (AvgIpc) is 2.47. The maximum atomic E-state index is 12.6. The van der Waals surface area contributed by atoms with Gasteiger partial charge >= 0.3 is 0 Å². The monoisotopic (exact) mass is 262 g/mol. The van der Waals surface area contributed by atoms with Crippen molar-refractivity contribution in [3.63, 3.8) is 0 Å². The van der Waals surface area contributed by atoms with Gasteiger partial charge in [-0.05, 0) is 31.5 Å². The Morgan fingerprint density at radius 3 is 3.00 bits per heavy atom. The van der Waals surface area contributed by atoms with Crippen molar-refractivity contribution >= 4 is 5.91 Å². The Hall–Kier alpha value is -1.39. The van der Waals surface area contributed by atoms with Gasteiger partial charge in [-0.15, -0.1) is 0 Å². The Balaban J connectivity index is 2.14. The van der Waals surface area contributed by atoms with Gasteiger partial charge in [0.1, 0.15) is 0 Å². The van der Waals surface area contributed by atoms with E-state index in [0.717, 1.165) is 37.1 Å². The molecular weight excluding hydrogens is 240 g/mol. The molecule has 0 aliphatic carbocycles. The molecule has 104 valence electrons. The zero-order chi connectivity index (χ0) is 13.7. The first-order chi connectivity index (χ1) is 9.26. The van der Waals surface area contributed by atoms with Crippen LogP contribution in [0.15, 0.2) is 24.3 Å². The second-order valence-electron chi connectivity index (χ2n) is 4.97. The lowest BCUT2D eigenvalue weighted by Gasteiger charge is -2.33. The molecule has 0 aromatic heterocycles. The van der Waals surface area contributed by atoms with Gasteiger partial charge in [-0.3, -0.25) is 4.79 Å². The molecule has 1 amide bonds. The third-order valence-electron chi connectivity index (χ3n) is 3.66. The van der Waals surface area contributed by atoms with E-state index in [1.54, 1.807) is 7.11 Å². The number of carbonyl (C=O) groups is 1. The molecule has 1 fully saturated rings. The number of carbonyl (C=O) groups excluding carboxylic acids is 1. The molecule has 1 aliphatic rings. The molecule has 1 saturated heterocycles. The number of benzene rings is 1. The number of methoxy groups -OCH3 is 1. The highest BCUT2D eigenvalue weighted by Crippen LogP contribution is 2.17. The summed E-state index contributed by atoms with van der Waals surface area (Å²) in [7, 11) is 3.61. The number of amides is 1. The normalized spacial score (nSPS) is 19.5. The minimum Gasteiger partial charge on any atom is -0.380 e. The molecule has 1 heterocycles. The molecule has 1 unspecified atom stereocenters. The highest BCUT2D eigenvalue weighted by Gasteiger charge is 2.24. The number of rotatable bonds is 4. The maximum Gasteiger partial charge on any atom is 0.254 e. The number of nitrogens with zero attached hydrogens (tertiary/aromatic N) is 1. The fourth-order valence-corrected chi connectivity index (χ4v) is 2.58. The fraction of sp³-hybridized carbons (Fsp3) is 0.533. The molecule has 4 heteroatoms. The highest BCUT2D eigenvalue weighted by atomic mass is 16.5. The second kappa shape index (κ2) is 6.68. The van der Waals surface area contributed by atoms with Gasteiger partial charge in [0.15, 0.2) is 0 Å². The van der Waals surface area contributed by atoms with Crippen LogP contribution in [0.2, 0.25) is 0 Å². The molecule has 1 atom stereocenters. The SMILES string of the molecule is CNC1CCCN(C(=O)c2ccccc2COC)C1. The van der Waals surface area contributed by atoms with Crippen LogP contribution in [0.3, 0.4) is 0 Å². The smallest absolute Gasteiger partial charge is 0.254 e. The van der Waals surface area contributed by atoms with Gasteiger partial charge in [0, 0.05) is 31.8 Å². The first-order valence-corrected chi connectivity index (χ1v) is 6.79. The van der Waals surface area contributed by atoms with Gasteiger partial charge in [-0.1, -0.05) is 18.2 Å². The number of likely N-dealkylation sites (N-methyl/N-ethyl adjacent to an activating group) is 1. The van der Waals surface area contributed by atoms with Crippen molar-refractivity contribution in [2.75, 3.05) is 27.2 Å². The minimum atomic E-state index is 0.118. The van der Waals surface area contributed by atoms with Crippen molar-refractivity contribution in [1.82, 2.24) is 10.2 Å². The van der Waals surface area contributed by atoms with E-state index < -0.39 is 0 Å². The van der Waals surface area contributed by atoms with Crippen molar-refractivity contribution in [2.24, 2.45) is 0 Å². The second-order valence-corrected chi connectivity index (χ2v) is 4.97. The van der Waals surface area contributed by atoms with Crippen LogP contribution in [-0.2, 0) is 11.3 Å². The maximum absolute atomic E-state index is 12.6. The van der Waals surface area contributed by atoms with E-state index in [1.807, 2.05) is 36.2 Å². The Labute approximate surface area is 114 Å². The van der Waals surface area contributed by atoms with E-state index in [-0.39, 0.29) is 5.91 Å². The van der Waals surface area contributed by atoms with Crippen LogP contribution in [0.25, 0.3) is 0 Å². The number of ether oxygens (including phenoxy) is 1. The van der Waals surface area contributed by atoms with Crippen molar-refractivity contribution in [1.29, 1.82) is 0 Å². The van der Waals surface area contributed by atoms with Crippen LogP contribution in [0, 0.1) is 0 Å². The summed E-state index contributed by atoms with van der Waals surface area (Å²) in [5.41, 5.74) is 1.72. The van der Waals surface area contributed by atoms with Gasteiger partial charge in [0.05, 0.1) is 6.61 Å².